The Labute approximate surface area is 122 Å². The number of aliphatic hydroxyl groups excluding tert-OH is 5. The second-order valence-corrected chi connectivity index (χ2v) is 5.65. The van der Waals surface area contributed by atoms with Gasteiger partial charge in [0.1, 0.15) is 23.3 Å². The zero-order valence-corrected chi connectivity index (χ0v) is 11.8. The summed E-state index contributed by atoms with van der Waals surface area (Å²) in [6.07, 6.45) is -7.41. The molecule has 0 fully saturated rings. The molecule has 0 saturated carbocycles. The van der Waals surface area contributed by atoms with Crippen molar-refractivity contribution in [2.24, 2.45) is 0 Å². The molecule has 114 valence electrons. The summed E-state index contributed by atoms with van der Waals surface area (Å²) < 4.78 is 0.427. The molecule has 0 aliphatic carbocycles. The summed E-state index contributed by atoms with van der Waals surface area (Å²) in [5.74, 6) is -0.956. The molecule has 0 aromatic carbocycles. The van der Waals surface area contributed by atoms with Crippen LogP contribution in [0.4, 0.5) is 0 Å². The molecule has 4 unspecified atom stereocenters. The minimum absolute atomic E-state index is 0.0148. The summed E-state index contributed by atoms with van der Waals surface area (Å²) in [5.41, 5.74) is 0. The van der Waals surface area contributed by atoms with E-state index in [1.807, 2.05) is 0 Å². The maximum absolute atomic E-state index is 11.5. The van der Waals surface area contributed by atoms with E-state index in [4.69, 9.17) is 22.4 Å². The lowest BCUT2D eigenvalue weighted by Crippen LogP contribution is -2.51. The van der Waals surface area contributed by atoms with Crippen LogP contribution in [0.25, 0.3) is 0 Å². The van der Waals surface area contributed by atoms with Gasteiger partial charge < -0.3 is 30.8 Å². The molecule has 1 aromatic heterocycles. The highest BCUT2D eigenvalue weighted by Crippen LogP contribution is 2.07. The molecule has 0 aliphatic heterocycles. The monoisotopic (exact) mass is 325 g/mol. The fraction of sp³-hybridized carbons (Fsp3) is 0.667. The van der Waals surface area contributed by atoms with Crippen molar-refractivity contribution in [3.8, 4) is 0 Å². The van der Waals surface area contributed by atoms with E-state index in [2.05, 4.69) is 15.5 Å². The van der Waals surface area contributed by atoms with E-state index in [1.54, 1.807) is 0 Å². The highest BCUT2D eigenvalue weighted by atomic mass is 32.1. The lowest BCUT2D eigenvalue weighted by atomic mass is 10.0. The Morgan fingerprint density at radius 3 is 2.50 bits per heavy atom. The first-order valence-corrected chi connectivity index (χ1v) is 6.74. The van der Waals surface area contributed by atoms with Gasteiger partial charge in [0, 0.05) is 0 Å². The van der Waals surface area contributed by atoms with Gasteiger partial charge >= 0.3 is 0 Å². The Balaban J connectivity index is 2.51. The molecule has 1 rings (SSSR count). The molecular formula is C9H15N3O6S2. The molecule has 1 amide bonds. The van der Waals surface area contributed by atoms with Crippen LogP contribution in [0.15, 0.2) is 0 Å². The second kappa shape index (κ2) is 7.73. The standard InChI is InChI=1S/C9H15N3O6S2/c13-2-3(14)5(15)6(16)7(17)8(18)10-1-4-11-12-9(19)20-4/h3,5-7,13-17H,1-2H2,(H,10,18)(H,12,19). The normalized spacial score (nSPS) is 17.2. The first-order chi connectivity index (χ1) is 9.36. The van der Waals surface area contributed by atoms with Gasteiger partial charge in [0.05, 0.1) is 13.2 Å². The number of aliphatic hydroxyl groups is 5. The van der Waals surface area contributed by atoms with Gasteiger partial charge in [-0.25, -0.2) is 0 Å². The Morgan fingerprint density at radius 2 is 2.00 bits per heavy atom. The van der Waals surface area contributed by atoms with E-state index >= 15 is 0 Å². The third kappa shape index (κ3) is 4.56. The minimum atomic E-state index is -1.96. The summed E-state index contributed by atoms with van der Waals surface area (Å²) in [6.45, 7) is -0.831. The highest BCUT2D eigenvalue weighted by Gasteiger charge is 2.34. The smallest absolute Gasteiger partial charge is 0.252 e. The summed E-state index contributed by atoms with van der Waals surface area (Å²) in [5, 5.41) is 55.1. The van der Waals surface area contributed by atoms with Gasteiger partial charge in [-0.05, 0) is 12.2 Å². The van der Waals surface area contributed by atoms with Crippen molar-refractivity contribution in [2.75, 3.05) is 6.61 Å². The molecular weight excluding hydrogens is 310 g/mol. The van der Waals surface area contributed by atoms with Crippen LogP contribution in [0.1, 0.15) is 5.01 Å². The summed E-state index contributed by atoms with van der Waals surface area (Å²) in [6, 6.07) is 0. The Bertz CT molecular complexity index is 492. The van der Waals surface area contributed by atoms with E-state index in [-0.39, 0.29) is 6.54 Å². The third-order valence-corrected chi connectivity index (χ3v) is 3.51. The van der Waals surface area contributed by atoms with Crippen LogP contribution in [0.2, 0.25) is 0 Å². The molecule has 0 bridgehead atoms. The van der Waals surface area contributed by atoms with Crippen molar-refractivity contribution in [1.82, 2.24) is 15.5 Å². The van der Waals surface area contributed by atoms with Crippen LogP contribution in [0, 0.1) is 3.95 Å². The number of nitrogens with zero attached hydrogens (tertiary/aromatic N) is 1. The number of aromatic nitrogens is 2. The number of aromatic amines is 1. The van der Waals surface area contributed by atoms with Crippen LogP contribution in [0.5, 0.6) is 0 Å². The first kappa shape index (κ1) is 17.1. The average Bonchev–Trinajstić information content (AvgIpc) is 2.86. The van der Waals surface area contributed by atoms with Crippen LogP contribution >= 0.6 is 23.6 Å². The molecule has 20 heavy (non-hydrogen) atoms. The zero-order valence-electron chi connectivity index (χ0n) is 10.1. The van der Waals surface area contributed by atoms with E-state index < -0.39 is 36.9 Å². The first-order valence-electron chi connectivity index (χ1n) is 5.52. The molecule has 1 heterocycles. The van der Waals surface area contributed by atoms with Gasteiger partial charge in [-0.15, -0.1) is 0 Å². The molecule has 0 radical (unpaired) electrons. The highest BCUT2D eigenvalue weighted by molar-refractivity contribution is 7.73. The summed E-state index contributed by atoms with van der Waals surface area (Å²) in [4.78, 5) is 11.5. The van der Waals surface area contributed by atoms with E-state index in [9.17, 15) is 20.1 Å². The maximum atomic E-state index is 11.5. The molecule has 9 nitrogen and oxygen atoms in total. The number of hydrogen-bond donors (Lipinski definition) is 7. The molecule has 4 atom stereocenters. The third-order valence-electron chi connectivity index (χ3n) is 2.42. The largest absolute Gasteiger partial charge is 0.394 e. The Hall–Kier alpha value is -0.950. The number of rotatable bonds is 7. The van der Waals surface area contributed by atoms with Crippen LogP contribution < -0.4 is 5.32 Å². The lowest BCUT2D eigenvalue weighted by molar-refractivity contribution is -0.149. The fourth-order valence-electron chi connectivity index (χ4n) is 1.28. The Kier molecular flexibility index (Phi) is 6.61. The average molecular weight is 325 g/mol. The van der Waals surface area contributed by atoms with Crippen molar-refractivity contribution in [1.29, 1.82) is 0 Å². The van der Waals surface area contributed by atoms with Crippen molar-refractivity contribution in [2.45, 2.75) is 31.0 Å². The van der Waals surface area contributed by atoms with E-state index in [0.29, 0.717) is 8.96 Å². The minimum Gasteiger partial charge on any atom is -0.394 e. The predicted octanol–water partition coefficient (Wildman–Crippen LogP) is -2.75. The fourth-order valence-corrected chi connectivity index (χ4v) is 2.16. The molecule has 11 heteroatoms. The van der Waals surface area contributed by atoms with Crippen molar-refractivity contribution in [3.63, 3.8) is 0 Å². The van der Waals surface area contributed by atoms with Gasteiger partial charge in [0.2, 0.25) is 0 Å². The second-order valence-electron chi connectivity index (χ2n) is 3.90. The number of hydrogen-bond acceptors (Lipinski definition) is 9. The van der Waals surface area contributed by atoms with Gasteiger partial charge in [-0.3, -0.25) is 9.89 Å². The number of nitrogens with one attached hydrogen (secondary N) is 2. The van der Waals surface area contributed by atoms with Gasteiger partial charge in [0.25, 0.3) is 5.91 Å². The predicted molar refractivity (Wildman–Crippen MR) is 70.3 cm³/mol. The van der Waals surface area contributed by atoms with Gasteiger partial charge in [-0.1, -0.05) is 11.3 Å². The molecule has 0 aliphatic rings. The van der Waals surface area contributed by atoms with Gasteiger partial charge in [-0.2, -0.15) is 5.10 Å². The molecule has 0 saturated heterocycles. The molecule has 0 spiro atoms. The van der Waals surface area contributed by atoms with Crippen LogP contribution in [-0.4, -0.2) is 72.7 Å². The summed E-state index contributed by atoms with van der Waals surface area (Å²) >= 11 is 5.93. The quantitative estimate of drug-likeness (QED) is 0.266. The number of H-pyrrole nitrogens is 1. The van der Waals surface area contributed by atoms with Crippen molar-refractivity contribution in [3.05, 3.63) is 8.96 Å². The number of amides is 1. The Morgan fingerprint density at radius 1 is 1.35 bits per heavy atom. The summed E-state index contributed by atoms with van der Waals surface area (Å²) in [7, 11) is 0. The van der Waals surface area contributed by atoms with Crippen LogP contribution in [0.3, 0.4) is 0 Å². The topological polar surface area (TPSA) is 159 Å². The number of carbonyl (C=O) groups excluding carboxylic acids is 1. The lowest BCUT2D eigenvalue weighted by Gasteiger charge is -2.24. The van der Waals surface area contributed by atoms with Crippen LogP contribution in [-0.2, 0) is 11.3 Å². The molecule has 1 aromatic rings. The van der Waals surface area contributed by atoms with Crippen molar-refractivity contribution < 1.29 is 30.3 Å². The van der Waals surface area contributed by atoms with E-state index in [1.165, 1.54) is 0 Å². The molecule has 7 N–H and O–H groups in total. The van der Waals surface area contributed by atoms with E-state index in [0.717, 1.165) is 11.3 Å². The SMILES string of the molecule is O=C(NCc1n[nH]c(=S)s1)C(O)C(O)C(O)C(O)CO. The maximum Gasteiger partial charge on any atom is 0.252 e. The number of carbonyl (C=O) groups is 1. The van der Waals surface area contributed by atoms with Crippen molar-refractivity contribution >= 4 is 29.5 Å². The van der Waals surface area contributed by atoms with Gasteiger partial charge in [0.15, 0.2) is 10.1 Å². The zero-order chi connectivity index (χ0) is 15.3.